The van der Waals surface area contributed by atoms with Crippen molar-refractivity contribution in [2.24, 2.45) is 0 Å². The summed E-state index contributed by atoms with van der Waals surface area (Å²) in [6.07, 6.45) is 4.80. The molecule has 5 nitrogen and oxygen atoms in total. The van der Waals surface area contributed by atoms with E-state index in [-0.39, 0.29) is 13.2 Å². The molecule has 0 radical (unpaired) electrons. The van der Waals surface area contributed by atoms with Crippen molar-refractivity contribution >= 4 is 11.9 Å². The van der Waals surface area contributed by atoms with E-state index in [9.17, 15) is 9.59 Å². The van der Waals surface area contributed by atoms with Crippen molar-refractivity contribution in [1.29, 1.82) is 0 Å². The largest absolute Gasteiger partial charge is 0.478 e. The van der Waals surface area contributed by atoms with Gasteiger partial charge in [0.2, 0.25) is 0 Å². The van der Waals surface area contributed by atoms with Crippen LogP contribution in [0.15, 0.2) is 23.3 Å². The predicted octanol–water partition coefficient (Wildman–Crippen LogP) is 1.67. The average Bonchev–Trinajstić information content (AvgIpc) is 2.34. The molecule has 0 aromatic carbocycles. The molecule has 0 aliphatic carbocycles. The van der Waals surface area contributed by atoms with Crippen LogP contribution in [0.2, 0.25) is 0 Å². The van der Waals surface area contributed by atoms with Crippen molar-refractivity contribution in [2.45, 2.75) is 33.1 Å². The van der Waals surface area contributed by atoms with Crippen molar-refractivity contribution < 1.29 is 24.5 Å². The number of aliphatic carboxylic acids is 1. The maximum Gasteiger partial charge on any atom is 0.333 e. The highest BCUT2D eigenvalue weighted by atomic mass is 16.5. The van der Waals surface area contributed by atoms with Crippen molar-refractivity contribution in [3.8, 4) is 0 Å². The zero-order valence-corrected chi connectivity index (χ0v) is 10.8. The second-order valence-electron chi connectivity index (χ2n) is 3.87. The lowest BCUT2D eigenvalue weighted by Crippen LogP contribution is -2.07. The van der Waals surface area contributed by atoms with E-state index in [2.05, 4.69) is 0 Å². The molecule has 0 rings (SSSR count). The number of esters is 1. The lowest BCUT2D eigenvalue weighted by Gasteiger charge is -2.03. The Morgan fingerprint density at radius 3 is 2.28 bits per heavy atom. The van der Waals surface area contributed by atoms with E-state index >= 15 is 0 Å². The third-order valence-electron chi connectivity index (χ3n) is 2.27. The Morgan fingerprint density at radius 1 is 1.11 bits per heavy atom. The number of rotatable bonds is 8. The second kappa shape index (κ2) is 9.41. The molecule has 0 heterocycles. The summed E-state index contributed by atoms with van der Waals surface area (Å²) < 4.78 is 4.98. The Labute approximate surface area is 107 Å². The number of allylic oxidation sites excluding steroid dienone is 1. The van der Waals surface area contributed by atoms with Gasteiger partial charge in [-0.25, -0.2) is 9.59 Å². The highest BCUT2D eigenvalue weighted by Crippen LogP contribution is 2.02. The molecule has 102 valence electrons. The number of carboxylic acids is 1. The van der Waals surface area contributed by atoms with Gasteiger partial charge in [0.1, 0.15) is 0 Å². The Balaban J connectivity index is 3.82. The van der Waals surface area contributed by atoms with Gasteiger partial charge in [-0.05, 0) is 33.1 Å². The zero-order chi connectivity index (χ0) is 14.0. The summed E-state index contributed by atoms with van der Waals surface area (Å²) >= 11 is 0. The highest BCUT2D eigenvalue weighted by molar-refractivity contribution is 5.87. The topological polar surface area (TPSA) is 83.8 Å². The molecule has 0 aromatic rings. The minimum atomic E-state index is -0.935. The molecule has 0 fully saturated rings. The Kier molecular flexibility index (Phi) is 8.57. The maximum atomic E-state index is 11.4. The van der Waals surface area contributed by atoms with Crippen LogP contribution in [0.3, 0.4) is 0 Å². The van der Waals surface area contributed by atoms with Gasteiger partial charge in [-0.2, -0.15) is 0 Å². The number of carbonyl (C=O) groups is 2. The molecule has 0 bridgehead atoms. The molecule has 0 unspecified atom stereocenters. The van der Waals surface area contributed by atoms with Crippen LogP contribution < -0.4 is 0 Å². The smallest absolute Gasteiger partial charge is 0.333 e. The van der Waals surface area contributed by atoms with Gasteiger partial charge in [-0.15, -0.1) is 0 Å². The molecule has 0 atom stereocenters. The third-order valence-corrected chi connectivity index (χ3v) is 2.27. The summed E-state index contributed by atoms with van der Waals surface area (Å²) in [6.45, 7) is 3.42. The van der Waals surface area contributed by atoms with Gasteiger partial charge in [0.15, 0.2) is 0 Å². The second-order valence-corrected chi connectivity index (χ2v) is 3.87. The molecule has 0 saturated heterocycles. The average molecular weight is 256 g/mol. The lowest BCUT2D eigenvalue weighted by atomic mass is 10.2. The number of carboxylic acid groups (broad SMARTS) is 1. The molecule has 0 amide bonds. The summed E-state index contributed by atoms with van der Waals surface area (Å²) in [7, 11) is 0. The third kappa shape index (κ3) is 7.62. The van der Waals surface area contributed by atoms with E-state index < -0.39 is 11.9 Å². The first-order chi connectivity index (χ1) is 8.49. The number of ether oxygens (including phenoxy) is 1. The fraction of sp³-hybridized carbons (Fsp3) is 0.538. The van der Waals surface area contributed by atoms with Crippen molar-refractivity contribution in [3.05, 3.63) is 23.3 Å². The predicted molar refractivity (Wildman–Crippen MR) is 67.0 cm³/mol. The van der Waals surface area contributed by atoms with Crippen LogP contribution in [0.5, 0.6) is 0 Å². The summed E-state index contributed by atoms with van der Waals surface area (Å²) in [5, 5.41) is 17.2. The van der Waals surface area contributed by atoms with Crippen LogP contribution in [0.25, 0.3) is 0 Å². The Morgan fingerprint density at radius 2 is 1.72 bits per heavy atom. The van der Waals surface area contributed by atoms with E-state index in [0.717, 1.165) is 0 Å². The minimum Gasteiger partial charge on any atom is -0.478 e. The summed E-state index contributed by atoms with van der Waals surface area (Å²) in [5.74, 6) is -1.34. The van der Waals surface area contributed by atoms with Gasteiger partial charge in [-0.1, -0.05) is 12.2 Å². The molecule has 0 spiro atoms. The molecule has 2 N–H and O–H groups in total. The summed E-state index contributed by atoms with van der Waals surface area (Å²) in [4.78, 5) is 21.9. The number of hydrogen-bond acceptors (Lipinski definition) is 4. The standard InChI is InChI=1S/C13H20O5/c1-10(12(15)16)6-3-4-9-18-13(17)11(2)7-5-8-14/h6-7,14H,3-5,8-9H2,1-2H3,(H,15,16). The molecule has 0 saturated carbocycles. The first kappa shape index (κ1) is 16.4. The molecule has 0 aromatic heterocycles. The number of unbranched alkanes of at least 4 members (excludes halogenated alkanes) is 1. The molecule has 18 heavy (non-hydrogen) atoms. The van der Waals surface area contributed by atoms with E-state index in [1.54, 1.807) is 19.1 Å². The molecular formula is C13H20O5. The van der Waals surface area contributed by atoms with Crippen molar-refractivity contribution in [3.63, 3.8) is 0 Å². The van der Waals surface area contributed by atoms with Gasteiger partial charge < -0.3 is 14.9 Å². The van der Waals surface area contributed by atoms with E-state index in [1.165, 1.54) is 6.92 Å². The number of aliphatic hydroxyl groups excluding tert-OH is 1. The van der Waals surface area contributed by atoms with Crippen LogP contribution in [-0.2, 0) is 14.3 Å². The monoisotopic (exact) mass is 256 g/mol. The fourth-order valence-corrected chi connectivity index (χ4v) is 1.13. The summed E-state index contributed by atoms with van der Waals surface area (Å²) in [6, 6.07) is 0. The van der Waals surface area contributed by atoms with Crippen LogP contribution in [0.1, 0.15) is 33.1 Å². The number of hydrogen-bond donors (Lipinski definition) is 2. The van der Waals surface area contributed by atoms with Crippen LogP contribution in [-0.4, -0.2) is 35.4 Å². The molecule has 0 aliphatic rings. The van der Waals surface area contributed by atoms with Crippen LogP contribution in [0, 0.1) is 0 Å². The van der Waals surface area contributed by atoms with Gasteiger partial charge in [0.25, 0.3) is 0 Å². The van der Waals surface area contributed by atoms with Crippen molar-refractivity contribution in [1.82, 2.24) is 0 Å². The van der Waals surface area contributed by atoms with Gasteiger partial charge in [0.05, 0.1) is 6.61 Å². The minimum absolute atomic E-state index is 0.00385. The van der Waals surface area contributed by atoms with E-state index in [0.29, 0.717) is 30.4 Å². The number of carbonyl (C=O) groups excluding carboxylic acids is 1. The van der Waals surface area contributed by atoms with E-state index in [4.69, 9.17) is 14.9 Å². The normalized spacial score (nSPS) is 12.4. The quantitative estimate of drug-likeness (QED) is 0.392. The van der Waals surface area contributed by atoms with Crippen molar-refractivity contribution in [2.75, 3.05) is 13.2 Å². The Bertz CT molecular complexity index is 341. The maximum absolute atomic E-state index is 11.4. The summed E-state index contributed by atoms with van der Waals surface area (Å²) in [5.41, 5.74) is 0.765. The van der Waals surface area contributed by atoms with Gasteiger partial charge >= 0.3 is 11.9 Å². The Hall–Kier alpha value is -1.62. The molecule has 0 aliphatic heterocycles. The van der Waals surface area contributed by atoms with Crippen LogP contribution in [0.4, 0.5) is 0 Å². The molecular weight excluding hydrogens is 236 g/mol. The SMILES string of the molecule is CC(=CCCCOC(=O)C(C)=CCCO)C(=O)O. The zero-order valence-electron chi connectivity index (χ0n) is 10.8. The number of aliphatic hydroxyl groups is 1. The fourth-order valence-electron chi connectivity index (χ4n) is 1.13. The molecule has 5 heteroatoms. The first-order valence-corrected chi connectivity index (χ1v) is 5.83. The highest BCUT2D eigenvalue weighted by Gasteiger charge is 2.04. The first-order valence-electron chi connectivity index (χ1n) is 5.83. The van der Waals surface area contributed by atoms with Gasteiger partial charge in [0, 0.05) is 17.8 Å². The van der Waals surface area contributed by atoms with Crippen LogP contribution >= 0.6 is 0 Å². The van der Waals surface area contributed by atoms with E-state index in [1.807, 2.05) is 0 Å². The van der Waals surface area contributed by atoms with Gasteiger partial charge in [-0.3, -0.25) is 0 Å². The lowest BCUT2D eigenvalue weighted by molar-refractivity contribution is -0.139.